The van der Waals surface area contributed by atoms with E-state index in [1.807, 2.05) is 0 Å². The molecule has 5 heteroatoms. The molecule has 1 heterocycles. The number of methoxy groups -OCH3 is 1. The first-order valence-corrected chi connectivity index (χ1v) is 4.55. The average molecular weight is 202 g/mol. The third kappa shape index (κ3) is 2.45. The van der Waals surface area contributed by atoms with Gasteiger partial charge in [0.25, 0.3) is 0 Å². The minimum atomic E-state index is -1.11. The van der Waals surface area contributed by atoms with E-state index in [2.05, 4.69) is 4.74 Å². The summed E-state index contributed by atoms with van der Waals surface area (Å²) in [5, 5.41) is 8.89. The normalized spacial score (nSPS) is 20.1. The summed E-state index contributed by atoms with van der Waals surface area (Å²) in [6, 6.07) is 0. The molecule has 1 rings (SSSR count). The van der Waals surface area contributed by atoms with Crippen LogP contribution in [0.25, 0.3) is 0 Å². The Bertz CT molecular complexity index is 219. The van der Waals surface area contributed by atoms with Crippen LogP contribution in [0, 0.1) is 11.8 Å². The fraction of sp³-hybridized carbons (Fsp3) is 0.778. The van der Waals surface area contributed by atoms with Crippen LogP contribution in [0.3, 0.4) is 0 Å². The fourth-order valence-electron chi connectivity index (χ4n) is 1.67. The summed E-state index contributed by atoms with van der Waals surface area (Å²) in [7, 11) is 1.21. The highest BCUT2D eigenvalue weighted by Crippen LogP contribution is 2.25. The van der Waals surface area contributed by atoms with E-state index in [4.69, 9.17) is 9.84 Å². The second kappa shape index (κ2) is 4.95. The lowest BCUT2D eigenvalue weighted by atomic mass is 9.86. The van der Waals surface area contributed by atoms with E-state index in [9.17, 15) is 9.59 Å². The lowest BCUT2D eigenvalue weighted by Gasteiger charge is -2.25. The molecule has 0 aromatic rings. The molecule has 1 aliphatic heterocycles. The topological polar surface area (TPSA) is 72.8 Å². The van der Waals surface area contributed by atoms with Gasteiger partial charge in [0, 0.05) is 13.2 Å². The van der Waals surface area contributed by atoms with Crippen LogP contribution in [0.2, 0.25) is 0 Å². The largest absolute Gasteiger partial charge is 0.481 e. The van der Waals surface area contributed by atoms with Crippen molar-refractivity contribution >= 4 is 11.9 Å². The zero-order valence-corrected chi connectivity index (χ0v) is 8.06. The molecular weight excluding hydrogens is 188 g/mol. The van der Waals surface area contributed by atoms with Gasteiger partial charge in [-0.15, -0.1) is 0 Å². The molecule has 0 aromatic carbocycles. The highest BCUT2D eigenvalue weighted by Gasteiger charge is 2.36. The number of rotatable bonds is 3. The van der Waals surface area contributed by atoms with Gasteiger partial charge in [0.1, 0.15) is 0 Å². The molecule has 1 unspecified atom stereocenters. The molecule has 5 nitrogen and oxygen atoms in total. The highest BCUT2D eigenvalue weighted by atomic mass is 16.5. The molecule has 0 aliphatic carbocycles. The van der Waals surface area contributed by atoms with Crippen LogP contribution in [0.15, 0.2) is 0 Å². The minimum absolute atomic E-state index is 0.159. The standard InChI is InChI=1S/C9H14O5/c1-13-9(12)7(8(10)11)6-2-4-14-5-3-6/h6-7H,2-5H2,1H3,(H,10,11). The molecule has 0 amide bonds. The number of carbonyl (C=O) groups excluding carboxylic acids is 1. The fourth-order valence-corrected chi connectivity index (χ4v) is 1.67. The quantitative estimate of drug-likeness (QED) is 0.526. The Labute approximate surface area is 82.0 Å². The first-order valence-electron chi connectivity index (χ1n) is 4.55. The summed E-state index contributed by atoms with van der Waals surface area (Å²) < 4.78 is 9.56. The van der Waals surface area contributed by atoms with E-state index in [1.165, 1.54) is 7.11 Å². The van der Waals surface area contributed by atoms with E-state index >= 15 is 0 Å². The van der Waals surface area contributed by atoms with Gasteiger partial charge in [-0.05, 0) is 18.8 Å². The smallest absolute Gasteiger partial charge is 0.320 e. The van der Waals surface area contributed by atoms with E-state index in [0.29, 0.717) is 26.1 Å². The Morgan fingerprint density at radius 1 is 1.43 bits per heavy atom. The molecule has 80 valence electrons. The molecule has 1 N–H and O–H groups in total. The van der Waals surface area contributed by atoms with Gasteiger partial charge in [-0.1, -0.05) is 0 Å². The summed E-state index contributed by atoms with van der Waals surface area (Å²) in [5.74, 6) is -2.97. The van der Waals surface area contributed by atoms with Gasteiger partial charge in [-0.3, -0.25) is 9.59 Å². The highest BCUT2D eigenvalue weighted by molar-refractivity contribution is 5.94. The summed E-state index contributed by atoms with van der Waals surface area (Å²) in [6.45, 7) is 1.04. The van der Waals surface area contributed by atoms with Crippen LogP contribution < -0.4 is 0 Å². The van der Waals surface area contributed by atoms with E-state index in [-0.39, 0.29) is 5.92 Å². The minimum Gasteiger partial charge on any atom is -0.481 e. The summed E-state index contributed by atoms with van der Waals surface area (Å²) in [4.78, 5) is 22.1. The van der Waals surface area contributed by atoms with Gasteiger partial charge in [0.05, 0.1) is 7.11 Å². The second-order valence-corrected chi connectivity index (χ2v) is 3.29. The maximum Gasteiger partial charge on any atom is 0.320 e. The van der Waals surface area contributed by atoms with Gasteiger partial charge in [0.2, 0.25) is 0 Å². The molecule has 0 bridgehead atoms. The predicted molar refractivity (Wildman–Crippen MR) is 46.7 cm³/mol. The van der Waals surface area contributed by atoms with Crippen LogP contribution in [0.5, 0.6) is 0 Å². The molecule has 1 aliphatic rings. The number of hydrogen-bond donors (Lipinski definition) is 1. The zero-order chi connectivity index (χ0) is 10.6. The Morgan fingerprint density at radius 2 is 2.00 bits per heavy atom. The first-order chi connectivity index (χ1) is 6.66. The molecule has 1 saturated heterocycles. The van der Waals surface area contributed by atoms with Crippen molar-refractivity contribution in [2.75, 3.05) is 20.3 Å². The zero-order valence-electron chi connectivity index (χ0n) is 8.06. The van der Waals surface area contributed by atoms with Crippen molar-refractivity contribution in [1.82, 2.24) is 0 Å². The molecule has 1 atom stereocenters. The SMILES string of the molecule is COC(=O)C(C(=O)O)C1CCOCC1. The van der Waals surface area contributed by atoms with Crippen LogP contribution >= 0.6 is 0 Å². The van der Waals surface area contributed by atoms with Crippen molar-refractivity contribution in [3.63, 3.8) is 0 Å². The van der Waals surface area contributed by atoms with Crippen LogP contribution in [-0.4, -0.2) is 37.4 Å². The van der Waals surface area contributed by atoms with Crippen molar-refractivity contribution in [2.24, 2.45) is 11.8 Å². The van der Waals surface area contributed by atoms with Crippen molar-refractivity contribution in [3.05, 3.63) is 0 Å². The monoisotopic (exact) mass is 202 g/mol. The lowest BCUT2D eigenvalue weighted by Crippen LogP contribution is -2.35. The van der Waals surface area contributed by atoms with E-state index < -0.39 is 17.9 Å². The Kier molecular flexibility index (Phi) is 3.88. The number of carboxylic acids is 1. The summed E-state index contributed by atoms with van der Waals surface area (Å²) in [5.41, 5.74) is 0. The molecule has 14 heavy (non-hydrogen) atoms. The van der Waals surface area contributed by atoms with Crippen molar-refractivity contribution < 1.29 is 24.2 Å². The number of ether oxygens (including phenoxy) is 2. The van der Waals surface area contributed by atoms with Gasteiger partial charge >= 0.3 is 11.9 Å². The Hall–Kier alpha value is -1.10. The third-order valence-electron chi connectivity index (χ3n) is 2.46. The average Bonchev–Trinajstić information content (AvgIpc) is 2.19. The van der Waals surface area contributed by atoms with Crippen LogP contribution in [0.4, 0.5) is 0 Å². The first kappa shape index (κ1) is 11.0. The van der Waals surface area contributed by atoms with Crippen LogP contribution in [-0.2, 0) is 19.1 Å². The third-order valence-corrected chi connectivity index (χ3v) is 2.46. The van der Waals surface area contributed by atoms with Crippen molar-refractivity contribution in [3.8, 4) is 0 Å². The molecule has 0 radical (unpaired) electrons. The molecule has 0 spiro atoms. The number of esters is 1. The molecule has 0 saturated carbocycles. The molecule has 1 fully saturated rings. The number of carboxylic acid groups (broad SMARTS) is 1. The van der Waals surface area contributed by atoms with Crippen molar-refractivity contribution in [2.45, 2.75) is 12.8 Å². The number of hydrogen-bond acceptors (Lipinski definition) is 4. The molecular formula is C9H14O5. The van der Waals surface area contributed by atoms with E-state index in [1.54, 1.807) is 0 Å². The predicted octanol–water partition coefficient (Wildman–Crippen LogP) is 0.287. The van der Waals surface area contributed by atoms with Gasteiger partial charge in [-0.2, -0.15) is 0 Å². The summed E-state index contributed by atoms with van der Waals surface area (Å²) >= 11 is 0. The van der Waals surface area contributed by atoms with Crippen LogP contribution in [0.1, 0.15) is 12.8 Å². The number of carbonyl (C=O) groups is 2. The molecule has 0 aromatic heterocycles. The lowest BCUT2D eigenvalue weighted by molar-refractivity contribution is -0.161. The second-order valence-electron chi connectivity index (χ2n) is 3.29. The summed E-state index contributed by atoms with van der Waals surface area (Å²) in [6.07, 6.45) is 1.21. The maximum absolute atomic E-state index is 11.2. The van der Waals surface area contributed by atoms with Gasteiger partial charge in [-0.25, -0.2) is 0 Å². The Balaban J connectivity index is 2.65. The number of aliphatic carboxylic acids is 1. The Morgan fingerprint density at radius 3 is 2.43 bits per heavy atom. The van der Waals surface area contributed by atoms with E-state index in [0.717, 1.165) is 0 Å². The van der Waals surface area contributed by atoms with Crippen molar-refractivity contribution in [1.29, 1.82) is 0 Å². The van der Waals surface area contributed by atoms with Gasteiger partial charge < -0.3 is 14.6 Å². The van der Waals surface area contributed by atoms with Gasteiger partial charge in [0.15, 0.2) is 5.92 Å². The maximum atomic E-state index is 11.2.